The zero-order chi connectivity index (χ0) is 21.1. The molecular weight excluding hydrogens is 384 g/mol. The Morgan fingerprint density at radius 3 is 2.55 bits per heavy atom. The van der Waals surface area contributed by atoms with E-state index in [9.17, 15) is 14.0 Å². The van der Waals surface area contributed by atoms with Crippen LogP contribution in [0.4, 0.5) is 19.3 Å². The minimum absolute atomic E-state index is 0.0258. The molecule has 0 bridgehead atoms. The van der Waals surface area contributed by atoms with Crippen molar-refractivity contribution in [1.29, 1.82) is 0 Å². The number of rotatable bonds is 4. The highest BCUT2D eigenvalue weighted by atomic mass is 19.1. The van der Waals surface area contributed by atoms with E-state index >= 15 is 4.39 Å². The Morgan fingerprint density at radius 1 is 1.31 bits per heavy atom. The molecule has 1 saturated carbocycles. The first-order chi connectivity index (χ1) is 13.6. The minimum Gasteiger partial charge on any atom is -0.449 e. The second-order valence-corrected chi connectivity index (χ2v) is 8.50. The van der Waals surface area contributed by atoms with Crippen LogP contribution in [0.5, 0.6) is 5.75 Å². The standard InChI is InChI=1S/C20H23F2N3O4/c1-20(2,23)10-5-6-24(8-10)17-13(21)7-12-16(15(17)22)25(11-3-4-11)9-14(18(12)26)29-19(27)28/h7,9-11H,3-6,8,23H2,1-2H3,(H,27,28). The van der Waals surface area contributed by atoms with Gasteiger partial charge in [-0.3, -0.25) is 4.79 Å². The van der Waals surface area contributed by atoms with E-state index < -0.39 is 34.5 Å². The van der Waals surface area contributed by atoms with Crippen LogP contribution in [0.1, 0.15) is 39.2 Å². The summed E-state index contributed by atoms with van der Waals surface area (Å²) in [4.78, 5) is 25.1. The van der Waals surface area contributed by atoms with Crippen LogP contribution in [0.3, 0.4) is 0 Å². The molecule has 1 unspecified atom stereocenters. The van der Waals surface area contributed by atoms with Crippen LogP contribution in [0.15, 0.2) is 17.1 Å². The molecule has 2 aromatic rings. The Bertz CT molecular complexity index is 1060. The van der Waals surface area contributed by atoms with Gasteiger partial charge in [0.2, 0.25) is 5.43 Å². The van der Waals surface area contributed by atoms with E-state index in [0.717, 1.165) is 18.9 Å². The monoisotopic (exact) mass is 407 g/mol. The maximum atomic E-state index is 15.6. The zero-order valence-corrected chi connectivity index (χ0v) is 16.2. The molecule has 2 heterocycles. The molecule has 1 saturated heterocycles. The normalized spacial score (nSPS) is 19.8. The van der Waals surface area contributed by atoms with Crippen molar-refractivity contribution >= 4 is 22.7 Å². The number of aromatic nitrogens is 1. The van der Waals surface area contributed by atoms with Crippen LogP contribution in [0.2, 0.25) is 0 Å². The first-order valence-corrected chi connectivity index (χ1v) is 9.59. The molecule has 0 spiro atoms. The Balaban J connectivity index is 1.88. The maximum absolute atomic E-state index is 15.6. The Morgan fingerprint density at radius 2 is 2.00 bits per heavy atom. The van der Waals surface area contributed by atoms with Crippen molar-refractivity contribution in [2.75, 3.05) is 18.0 Å². The lowest BCUT2D eigenvalue weighted by Crippen LogP contribution is -2.42. The van der Waals surface area contributed by atoms with Gasteiger partial charge in [-0.25, -0.2) is 13.6 Å². The molecule has 1 aromatic heterocycles. The van der Waals surface area contributed by atoms with Gasteiger partial charge < -0.3 is 25.0 Å². The number of carbonyl (C=O) groups is 1. The number of halogens is 2. The van der Waals surface area contributed by atoms with E-state index in [1.165, 1.54) is 10.8 Å². The molecular formula is C20H23F2N3O4. The number of hydrogen-bond donors (Lipinski definition) is 2. The van der Waals surface area contributed by atoms with Gasteiger partial charge >= 0.3 is 6.16 Å². The van der Waals surface area contributed by atoms with Crippen molar-refractivity contribution in [3.05, 3.63) is 34.1 Å². The Labute approximate surface area is 165 Å². The second kappa shape index (κ2) is 6.69. The summed E-state index contributed by atoms with van der Waals surface area (Å²) in [5.41, 5.74) is 4.64. The fourth-order valence-electron chi connectivity index (χ4n) is 4.07. The zero-order valence-electron chi connectivity index (χ0n) is 16.2. The fraction of sp³-hybridized carbons (Fsp3) is 0.500. The third-order valence-electron chi connectivity index (χ3n) is 5.85. The Kier molecular flexibility index (Phi) is 4.53. The van der Waals surface area contributed by atoms with Gasteiger partial charge in [-0.1, -0.05) is 0 Å². The largest absolute Gasteiger partial charge is 0.511 e. The molecule has 0 amide bonds. The fourth-order valence-corrected chi connectivity index (χ4v) is 4.07. The molecule has 1 aliphatic heterocycles. The van der Waals surface area contributed by atoms with Crippen molar-refractivity contribution in [3.8, 4) is 5.75 Å². The molecule has 156 valence electrons. The van der Waals surface area contributed by atoms with Gasteiger partial charge in [0.05, 0.1) is 17.1 Å². The van der Waals surface area contributed by atoms with Gasteiger partial charge in [0, 0.05) is 24.7 Å². The van der Waals surface area contributed by atoms with Crippen molar-refractivity contribution < 1.29 is 23.4 Å². The number of benzene rings is 1. The van der Waals surface area contributed by atoms with E-state index in [1.807, 2.05) is 13.8 Å². The van der Waals surface area contributed by atoms with E-state index in [1.54, 1.807) is 4.90 Å². The highest BCUT2D eigenvalue weighted by molar-refractivity contribution is 5.86. The SMILES string of the molecule is CC(C)(N)C1CCN(c2c(F)cc3c(=O)c(OC(=O)O)cn(C4CC4)c3c2F)C1. The van der Waals surface area contributed by atoms with Crippen molar-refractivity contribution in [2.45, 2.75) is 44.7 Å². The summed E-state index contributed by atoms with van der Waals surface area (Å²) >= 11 is 0. The van der Waals surface area contributed by atoms with Gasteiger partial charge in [-0.2, -0.15) is 0 Å². The van der Waals surface area contributed by atoms with E-state index in [2.05, 4.69) is 4.74 Å². The lowest BCUT2D eigenvalue weighted by atomic mass is 9.88. The highest BCUT2D eigenvalue weighted by Gasteiger charge is 2.36. The van der Waals surface area contributed by atoms with E-state index in [-0.39, 0.29) is 28.6 Å². The average Bonchev–Trinajstić information content (AvgIpc) is 3.33. The maximum Gasteiger partial charge on any atom is 0.511 e. The molecule has 0 radical (unpaired) electrons. The number of pyridine rings is 1. The molecule has 7 nitrogen and oxygen atoms in total. The van der Waals surface area contributed by atoms with Gasteiger partial charge in [-0.15, -0.1) is 0 Å². The quantitative estimate of drug-likeness (QED) is 0.756. The molecule has 1 aromatic carbocycles. The van der Waals surface area contributed by atoms with Crippen molar-refractivity contribution in [3.63, 3.8) is 0 Å². The Hall–Kier alpha value is -2.68. The lowest BCUT2D eigenvalue weighted by Gasteiger charge is -2.28. The van der Waals surface area contributed by atoms with Gasteiger partial charge in [0.15, 0.2) is 11.6 Å². The van der Waals surface area contributed by atoms with Gasteiger partial charge in [-0.05, 0) is 45.1 Å². The topological polar surface area (TPSA) is 97.8 Å². The number of nitrogens with zero attached hydrogens (tertiary/aromatic N) is 2. The molecule has 2 fully saturated rings. The lowest BCUT2D eigenvalue weighted by molar-refractivity contribution is 0.143. The van der Waals surface area contributed by atoms with Crippen LogP contribution < -0.4 is 20.8 Å². The van der Waals surface area contributed by atoms with Crippen LogP contribution in [0.25, 0.3) is 10.9 Å². The van der Waals surface area contributed by atoms with Crippen molar-refractivity contribution in [2.24, 2.45) is 11.7 Å². The first-order valence-electron chi connectivity index (χ1n) is 9.59. The molecule has 29 heavy (non-hydrogen) atoms. The van der Waals surface area contributed by atoms with Gasteiger partial charge in [0.25, 0.3) is 0 Å². The minimum atomic E-state index is -1.66. The molecule has 2 aliphatic rings. The molecule has 4 rings (SSSR count). The van der Waals surface area contributed by atoms with Crippen molar-refractivity contribution in [1.82, 2.24) is 4.57 Å². The smallest absolute Gasteiger partial charge is 0.449 e. The highest BCUT2D eigenvalue weighted by Crippen LogP contribution is 2.41. The number of ether oxygens (including phenoxy) is 1. The van der Waals surface area contributed by atoms with Crippen LogP contribution in [0, 0.1) is 17.6 Å². The van der Waals surface area contributed by atoms with Gasteiger partial charge in [0.1, 0.15) is 11.5 Å². The number of carboxylic acid groups (broad SMARTS) is 1. The molecule has 3 N–H and O–H groups in total. The number of fused-ring (bicyclic) bond motifs is 1. The summed E-state index contributed by atoms with van der Waals surface area (Å²) in [6.07, 6.45) is 1.76. The summed E-state index contributed by atoms with van der Waals surface area (Å²) in [6.45, 7) is 4.65. The summed E-state index contributed by atoms with van der Waals surface area (Å²) < 4.78 is 36.6. The molecule has 1 atom stereocenters. The summed E-state index contributed by atoms with van der Waals surface area (Å²) in [5, 5.41) is 8.63. The van der Waals surface area contributed by atoms with Crippen LogP contribution in [-0.2, 0) is 0 Å². The number of nitrogens with two attached hydrogens (primary N) is 1. The van der Waals surface area contributed by atoms with E-state index in [4.69, 9.17) is 10.8 Å². The molecule has 1 aliphatic carbocycles. The summed E-state index contributed by atoms with van der Waals surface area (Å²) in [6, 6.07) is 0.890. The third-order valence-corrected chi connectivity index (χ3v) is 5.85. The first kappa shape index (κ1) is 19.6. The third kappa shape index (κ3) is 3.43. The summed E-state index contributed by atoms with van der Waals surface area (Å²) in [7, 11) is 0. The van der Waals surface area contributed by atoms with Crippen LogP contribution in [-0.4, -0.2) is 34.5 Å². The average molecular weight is 407 g/mol. The van der Waals surface area contributed by atoms with Crippen LogP contribution >= 0.6 is 0 Å². The van der Waals surface area contributed by atoms with E-state index in [0.29, 0.717) is 19.5 Å². The predicted octanol–water partition coefficient (Wildman–Crippen LogP) is 3.24. The second-order valence-electron chi connectivity index (χ2n) is 8.50. The summed E-state index contributed by atoms with van der Waals surface area (Å²) in [5.74, 6) is -2.07. The number of hydrogen-bond acceptors (Lipinski definition) is 5. The predicted molar refractivity (Wildman–Crippen MR) is 104 cm³/mol. The number of anilines is 1. The molecule has 9 heteroatoms.